The first kappa shape index (κ1) is 7.62. The summed E-state index contributed by atoms with van der Waals surface area (Å²) in [6.45, 7) is 0. The van der Waals surface area contributed by atoms with Crippen LogP contribution in [0, 0.1) is 0 Å². The molecular formula is C9H8ClNO. The van der Waals surface area contributed by atoms with Gasteiger partial charge in [0.25, 0.3) is 0 Å². The summed E-state index contributed by atoms with van der Waals surface area (Å²) in [7, 11) is 0. The summed E-state index contributed by atoms with van der Waals surface area (Å²) in [4.78, 5) is 11.0. The number of hydrogen-bond donors (Lipinski definition) is 1. The van der Waals surface area contributed by atoms with Crippen LogP contribution in [0.2, 0.25) is 5.02 Å². The van der Waals surface area contributed by atoms with Gasteiger partial charge in [-0.1, -0.05) is 11.6 Å². The zero-order chi connectivity index (χ0) is 8.55. The highest BCUT2D eigenvalue weighted by molar-refractivity contribution is 6.30. The highest BCUT2D eigenvalue weighted by Gasteiger charge is 2.13. The van der Waals surface area contributed by atoms with Gasteiger partial charge in [-0.15, -0.1) is 0 Å². The van der Waals surface area contributed by atoms with Gasteiger partial charge in [0.1, 0.15) is 0 Å². The van der Waals surface area contributed by atoms with Crippen molar-refractivity contribution in [3.05, 3.63) is 28.8 Å². The molecule has 0 unspecified atom stereocenters. The van der Waals surface area contributed by atoms with Gasteiger partial charge >= 0.3 is 0 Å². The molecule has 0 radical (unpaired) electrons. The number of hydrogen-bond acceptors (Lipinski definition) is 1. The molecule has 0 bridgehead atoms. The number of rotatable bonds is 0. The van der Waals surface area contributed by atoms with E-state index >= 15 is 0 Å². The lowest BCUT2D eigenvalue weighted by Gasteiger charge is -2.16. The first-order valence-electron chi connectivity index (χ1n) is 3.84. The van der Waals surface area contributed by atoms with E-state index in [9.17, 15) is 4.79 Å². The second-order valence-corrected chi connectivity index (χ2v) is 3.29. The molecule has 0 aliphatic carbocycles. The molecular weight excluding hydrogens is 174 g/mol. The van der Waals surface area contributed by atoms with Crippen LogP contribution in [0.1, 0.15) is 12.0 Å². The fourth-order valence-corrected chi connectivity index (χ4v) is 1.55. The monoisotopic (exact) mass is 181 g/mol. The van der Waals surface area contributed by atoms with Gasteiger partial charge in [0.2, 0.25) is 5.91 Å². The predicted octanol–water partition coefficient (Wildman–Crippen LogP) is 2.22. The van der Waals surface area contributed by atoms with E-state index in [2.05, 4.69) is 5.32 Å². The Morgan fingerprint density at radius 1 is 1.33 bits per heavy atom. The van der Waals surface area contributed by atoms with Crippen LogP contribution in [0.5, 0.6) is 0 Å². The molecule has 2 nitrogen and oxygen atoms in total. The third-order valence-electron chi connectivity index (χ3n) is 1.96. The maximum atomic E-state index is 11.0. The Bertz CT molecular complexity index is 335. The van der Waals surface area contributed by atoms with E-state index in [0.29, 0.717) is 6.42 Å². The van der Waals surface area contributed by atoms with Gasteiger partial charge in [0.15, 0.2) is 0 Å². The van der Waals surface area contributed by atoms with Gasteiger partial charge in [-0.3, -0.25) is 4.79 Å². The van der Waals surface area contributed by atoms with Crippen molar-refractivity contribution in [2.45, 2.75) is 12.8 Å². The zero-order valence-electron chi connectivity index (χ0n) is 6.43. The van der Waals surface area contributed by atoms with Gasteiger partial charge in [0, 0.05) is 17.1 Å². The van der Waals surface area contributed by atoms with Crippen LogP contribution in [0.15, 0.2) is 18.2 Å². The Hall–Kier alpha value is -1.02. The number of benzene rings is 1. The lowest BCUT2D eigenvalue weighted by atomic mass is 10.0. The number of amides is 1. The molecule has 2 rings (SSSR count). The Labute approximate surface area is 75.5 Å². The maximum absolute atomic E-state index is 11.0. The average molecular weight is 182 g/mol. The molecule has 1 aliphatic heterocycles. The molecule has 1 aromatic carbocycles. The molecule has 62 valence electrons. The second-order valence-electron chi connectivity index (χ2n) is 2.85. The van der Waals surface area contributed by atoms with E-state index in [0.717, 1.165) is 22.7 Å². The van der Waals surface area contributed by atoms with Crippen LogP contribution >= 0.6 is 11.6 Å². The highest BCUT2D eigenvalue weighted by Crippen LogP contribution is 2.25. The van der Waals surface area contributed by atoms with E-state index in [1.165, 1.54) is 0 Å². The Morgan fingerprint density at radius 3 is 3.00 bits per heavy atom. The van der Waals surface area contributed by atoms with Crippen LogP contribution in [-0.4, -0.2) is 5.91 Å². The lowest BCUT2D eigenvalue weighted by molar-refractivity contribution is -0.116. The maximum Gasteiger partial charge on any atom is 0.224 e. The molecule has 1 aliphatic rings. The molecule has 1 N–H and O–H groups in total. The summed E-state index contributed by atoms with van der Waals surface area (Å²) < 4.78 is 0. The average Bonchev–Trinajstić information content (AvgIpc) is 2.05. The molecule has 0 fully saturated rings. The molecule has 0 spiro atoms. The van der Waals surface area contributed by atoms with Crippen molar-refractivity contribution >= 4 is 23.2 Å². The highest BCUT2D eigenvalue weighted by atomic mass is 35.5. The summed E-state index contributed by atoms with van der Waals surface area (Å²) in [5, 5.41) is 3.52. The van der Waals surface area contributed by atoms with Crippen LogP contribution in [-0.2, 0) is 11.2 Å². The topological polar surface area (TPSA) is 29.1 Å². The fraction of sp³-hybridized carbons (Fsp3) is 0.222. The first-order valence-corrected chi connectivity index (χ1v) is 4.22. The van der Waals surface area contributed by atoms with E-state index in [1.54, 1.807) is 6.07 Å². The Balaban J connectivity index is 2.43. The molecule has 0 atom stereocenters. The molecule has 1 amide bonds. The van der Waals surface area contributed by atoms with Crippen molar-refractivity contribution in [2.24, 2.45) is 0 Å². The number of anilines is 1. The number of halogens is 1. The zero-order valence-corrected chi connectivity index (χ0v) is 7.19. The fourth-order valence-electron chi connectivity index (χ4n) is 1.35. The van der Waals surface area contributed by atoms with Crippen molar-refractivity contribution in [2.75, 3.05) is 5.32 Å². The predicted molar refractivity (Wildman–Crippen MR) is 48.4 cm³/mol. The smallest absolute Gasteiger partial charge is 0.224 e. The van der Waals surface area contributed by atoms with Gasteiger partial charge in [-0.05, 0) is 30.2 Å². The van der Waals surface area contributed by atoms with Gasteiger partial charge in [0.05, 0.1) is 0 Å². The number of carbonyl (C=O) groups excluding carboxylic acids is 1. The minimum Gasteiger partial charge on any atom is -0.326 e. The quantitative estimate of drug-likeness (QED) is 0.654. The third-order valence-corrected chi connectivity index (χ3v) is 2.20. The second kappa shape index (κ2) is 2.79. The van der Waals surface area contributed by atoms with E-state index in [1.807, 2.05) is 12.1 Å². The molecule has 0 saturated carbocycles. The van der Waals surface area contributed by atoms with Crippen molar-refractivity contribution in [1.29, 1.82) is 0 Å². The number of aryl methyl sites for hydroxylation is 1. The van der Waals surface area contributed by atoms with Crippen molar-refractivity contribution in [3.63, 3.8) is 0 Å². The molecule has 12 heavy (non-hydrogen) atoms. The molecule has 0 saturated heterocycles. The number of carbonyl (C=O) groups is 1. The normalized spacial score (nSPS) is 15.2. The van der Waals surface area contributed by atoms with Crippen LogP contribution in [0.3, 0.4) is 0 Å². The summed E-state index contributed by atoms with van der Waals surface area (Å²) >= 11 is 5.80. The van der Waals surface area contributed by atoms with E-state index in [-0.39, 0.29) is 5.91 Å². The lowest BCUT2D eigenvalue weighted by Crippen LogP contribution is -2.18. The van der Waals surface area contributed by atoms with Crippen LogP contribution in [0.4, 0.5) is 5.69 Å². The summed E-state index contributed by atoms with van der Waals surface area (Å²) in [5.41, 5.74) is 2.03. The van der Waals surface area contributed by atoms with Crippen molar-refractivity contribution < 1.29 is 4.79 Å². The van der Waals surface area contributed by atoms with Gasteiger partial charge in [-0.2, -0.15) is 0 Å². The molecule has 3 heteroatoms. The summed E-state index contributed by atoms with van der Waals surface area (Å²) in [6.07, 6.45) is 1.36. The van der Waals surface area contributed by atoms with Gasteiger partial charge in [-0.25, -0.2) is 0 Å². The minimum atomic E-state index is 0.0878. The third kappa shape index (κ3) is 1.30. The summed E-state index contributed by atoms with van der Waals surface area (Å²) in [5.74, 6) is 0.0878. The SMILES string of the molecule is O=C1CCc2cc(Cl)ccc2N1. The standard InChI is InChI=1S/C9H8ClNO/c10-7-2-3-8-6(5-7)1-4-9(12)11-8/h2-3,5H,1,4H2,(H,11,12). The van der Waals surface area contributed by atoms with Crippen LogP contribution in [0.25, 0.3) is 0 Å². The summed E-state index contributed by atoms with van der Waals surface area (Å²) in [6, 6.07) is 5.52. The Kier molecular flexibility index (Phi) is 1.77. The van der Waals surface area contributed by atoms with E-state index < -0.39 is 0 Å². The number of fused-ring (bicyclic) bond motifs is 1. The molecule has 1 aromatic rings. The van der Waals surface area contributed by atoms with Gasteiger partial charge < -0.3 is 5.32 Å². The number of nitrogens with one attached hydrogen (secondary N) is 1. The molecule has 0 aromatic heterocycles. The molecule has 1 heterocycles. The van der Waals surface area contributed by atoms with E-state index in [4.69, 9.17) is 11.6 Å². The first-order chi connectivity index (χ1) is 5.75. The van der Waals surface area contributed by atoms with Crippen molar-refractivity contribution in [1.82, 2.24) is 0 Å². The van der Waals surface area contributed by atoms with Crippen LogP contribution < -0.4 is 5.32 Å². The largest absolute Gasteiger partial charge is 0.326 e. The Morgan fingerprint density at radius 2 is 2.17 bits per heavy atom. The van der Waals surface area contributed by atoms with Crippen molar-refractivity contribution in [3.8, 4) is 0 Å². The minimum absolute atomic E-state index is 0.0878.